The average molecular weight is 466 g/mol. The highest BCUT2D eigenvalue weighted by Crippen LogP contribution is 2.43. The molecule has 0 saturated carbocycles. The zero-order chi connectivity index (χ0) is 25.3. The lowest BCUT2D eigenvalue weighted by Gasteiger charge is -2.17. The summed E-state index contributed by atoms with van der Waals surface area (Å²) < 4.78 is 131. The van der Waals surface area contributed by atoms with Crippen LogP contribution in [-0.2, 0) is 4.74 Å². The minimum absolute atomic E-state index is 0.355. The van der Waals surface area contributed by atoms with Crippen LogP contribution in [-0.4, -0.2) is 26.5 Å². The van der Waals surface area contributed by atoms with Gasteiger partial charge in [0.2, 0.25) is 11.6 Å². The highest BCUT2D eigenvalue weighted by Gasteiger charge is 2.34. The van der Waals surface area contributed by atoms with Gasteiger partial charge in [-0.3, -0.25) is 0 Å². The Balaban J connectivity index is 2.71. The summed E-state index contributed by atoms with van der Waals surface area (Å²) in [5, 5.41) is -0.944. The van der Waals surface area contributed by atoms with Gasteiger partial charge in [-0.1, -0.05) is 11.6 Å². The number of carbonyl (C=O) groups excluding carboxylic acids is 1. The van der Waals surface area contributed by atoms with E-state index in [2.05, 4.69) is 14.2 Å². The highest BCUT2D eigenvalue weighted by molar-refractivity contribution is 6.31. The topological polar surface area (TPSA) is 54.0 Å². The largest absolute Gasteiger partial charge is 0.573 e. The third-order valence-electron chi connectivity index (χ3n) is 3.40. The molecule has 2 rings (SSSR count). The van der Waals surface area contributed by atoms with Crippen molar-refractivity contribution in [3.05, 3.63) is 46.0 Å². The lowest BCUT2D eigenvalue weighted by atomic mass is 10.1. The monoisotopic (exact) mass is 465 g/mol. The van der Waals surface area contributed by atoms with Crippen LogP contribution in [0, 0.1) is 11.6 Å². The van der Waals surface area contributed by atoms with Gasteiger partial charge in [0.15, 0.2) is 17.3 Å². The Hall–Kier alpha value is -2.89. The van der Waals surface area contributed by atoms with E-state index < -0.39 is 76.6 Å². The van der Waals surface area contributed by atoms with E-state index in [1.807, 2.05) is 0 Å². The molecule has 0 aliphatic carbocycles. The summed E-state index contributed by atoms with van der Waals surface area (Å²) in [6.45, 7) is 0. The maximum absolute atomic E-state index is 14.6. The molecule has 0 N–H and O–H groups in total. The molecule has 0 heterocycles. The predicted octanol–water partition coefficient (Wildman–Crippen LogP) is 6.04. The van der Waals surface area contributed by atoms with Gasteiger partial charge in [-0.2, -0.15) is 4.39 Å². The lowest BCUT2D eigenvalue weighted by molar-refractivity contribution is -0.275. The Morgan fingerprint density at radius 2 is 1.77 bits per heavy atom. The van der Waals surface area contributed by atoms with Crippen LogP contribution < -0.4 is 14.2 Å². The van der Waals surface area contributed by atoms with E-state index in [4.69, 9.17) is 20.5 Å². The van der Waals surface area contributed by atoms with Crippen molar-refractivity contribution >= 4 is 17.6 Å². The molecule has 0 aliphatic rings. The van der Waals surface area contributed by atoms with Crippen molar-refractivity contribution in [2.45, 2.75) is 12.8 Å². The van der Waals surface area contributed by atoms with Crippen molar-refractivity contribution in [1.29, 1.82) is 0 Å². The van der Waals surface area contributed by atoms with Gasteiger partial charge in [-0.25, -0.2) is 18.0 Å². The van der Waals surface area contributed by atoms with Crippen LogP contribution >= 0.6 is 11.6 Å². The Morgan fingerprint density at radius 1 is 1.13 bits per heavy atom. The first-order valence-electron chi connectivity index (χ1n) is 8.89. The summed E-state index contributed by atoms with van der Waals surface area (Å²) in [5.41, 5.74) is -2.64. The molecule has 0 fully saturated rings. The quantitative estimate of drug-likeness (QED) is 0.384. The normalized spacial score (nSPS) is 13.3. The summed E-state index contributed by atoms with van der Waals surface area (Å²) in [6, 6.07) is 1.39. The molecular formula is C17H10ClF7O5. The van der Waals surface area contributed by atoms with Gasteiger partial charge >= 0.3 is 12.3 Å². The number of ether oxygens (including phenoxy) is 4. The smallest absolute Gasteiger partial charge is 0.490 e. The summed E-state index contributed by atoms with van der Waals surface area (Å²) in [5.74, 6) is -10.3. The molecule has 13 heteroatoms. The van der Waals surface area contributed by atoms with E-state index >= 15 is 0 Å². The van der Waals surface area contributed by atoms with Gasteiger partial charge in [0.25, 0.3) is 6.43 Å². The van der Waals surface area contributed by atoms with Gasteiger partial charge in [-0.05, 0) is 12.1 Å². The minimum Gasteiger partial charge on any atom is -0.490 e. The first-order valence-corrected chi connectivity index (χ1v) is 7.77. The van der Waals surface area contributed by atoms with Gasteiger partial charge in [0.05, 0.1) is 28.8 Å². The molecule has 164 valence electrons. The molecule has 2 aromatic carbocycles. The molecule has 0 spiro atoms. The number of benzene rings is 2. The van der Waals surface area contributed by atoms with Crippen molar-refractivity contribution in [2.24, 2.45) is 0 Å². The fourth-order valence-corrected chi connectivity index (χ4v) is 2.47. The highest BCUT2D eigenvalue weighted by atomic mass is 35.5. The van der Waals surface area contributed by atoms with Crippen molar-refractivity contribution in [2.75, 3.05) is 14.1 Å². The Morgan fingerprint density at radius 3 is 2.30 bits per heavy atom. The summed E-state index contributed by atoms with van der Waals surface area (Å²) in [7, 11) is -2.67. The molecule has 0 saturated heterocycles. The number of rotatable bonds is 6. The zero-order valence-electron chi connectivity index (χ0n) is 17.4. The molecule has 0 bridgehead atoms. The minimum atomic E-state index is -5.37. The molecule has 0 atom stereocenters. The summed E-state index contributed by atoms with van der Waals surface area (Å²) in [4.78, 5) is 12.0. The Kier molecular flexibility index (Phi) is 5.64. The number of alkyl halides is 5. The van der Waals surface area contributed by atoms with E-state index in [0.717, 1.165) is 7.11 Å². The van der Waals surface area contributed by atoms with E-state index in [1.54, 1.807) is 0 Å². The van der Waals surface area contributed by atoms with Crippen LogP contribution in [0.1, 0.15) is 26.5 Å². The number of halogens is 8. The second-order valence-electron chi connectivity index (χ2n) is 5.21. The molecule has 0 radical (unpaired) electrons. The van der Waals surface area contributed by atoms with E-state index in [1.165, 1.54) is 0 Å². The van der Waals surface area contributed by atoms with Crippen LogP contribution in [0.3, 0.4) is 0 Å². The van der Waals surface area contributed by atoms with E-state index in [-0.39, 0.29) is 0 Å². The summed E-state index contributed by atoms with van der Waals surface area (Å²) >= 11 is 5.60. The van der Waals surface area contributed by atoms with Gasteiger partial charge in [0, 0.05) is 6.07 Å². The van der Waals surface area contributed by atoms with Crippen LogP contribution in [0.5, 0.6) is 23.0 Å². The SMILES string of the molecule is [2H]C([2H])([2H])Oc1c(Oc2cc(Cl)c(C(F)F)c(F)c2C(=O)OC)ccc(OC(F)(F)F)c1F. The van der Waals surface area contributed by atoms with Crippen molar-refractivity contribution in [3.8, 4) is 23.0 Å². The third kappa shape index (κ3) is 4.81. The first kappa shape index (κ1) is 19.1. The molecule has 0 aliphatic heterocycles. The number of hydrogen-bond acceptors (Lipinski definition) is 5. The fourth-order valence-electron chi connectivity index (χ4n) is 2.20. The molecule has 5 nitrogen and oxygen atoms in total. The van der Waals surface area contributed by atoms with Crippen LogP contribution in [0.15, 0.2) is 18.2 Å². The van der Waals surface area contributed by atoms with E-state index in [9.17, 15) is 35.5 Å². The number of carbonyl (C=O) groups is 1. The maximum atomic E-state index is 14.6. The Bertz CT molecular complexity index is 1060. The van der Waals surface area contributed by atoms with E-state index in [0.29, 0.717) is 18.2 Å². The maximum Gasteiger partial charge on any atom is 0.573 e. The lowest BCUT2D eigenvalue weighted by Crippen LogP contribution is -2.18. The second-order valence-corrected chi connectivity index (χ2v) is 5.62. The summed E-state index contributed by atoms with van der Waals surface area (Å²) in [6.07, 6.45) is -8.86. The average Bonchev–Trinajstić information content (AvgIpc) is 2.64. The van der Waals surface area contributed by atoms with Crippen LogP contribution in [0.25, 0.3) is 0 Å². The van der Waals surface area contributed by atoms with Crippen LogP contribution in [0.4, 0.5) is 30.7 Å². The number of hydrogen-bond donors (Lipinski definition) is 0. The predicted molar refractivity (Wildman–Crippen MR) is 87.4 cm³/mol. The fraction of sp³-hybridized carbons (Fsp3) is 0.235. The number of methoxy groups -OCH3 is 2. The van der Waals surface area contributed by atoms with Crippen molar-refractivity contribution in [1.82, 2.24) is 0 Å². The third-order valence-corrected chi connectivity index (χ3v) is 3.71. The number of esters is 1. The zero-order valence-corrected chi connectivity index (χ0v) is 15.1. The van der Waals surface area contributed by atoms with Gasteiger partial charge in [0.1, 0.15) is 11.3 Å². The van der Waals surface area contributed by atoms with Gasteiger partial charge in [-0.15, -0.1) is 13.2 Å². The first-order chi connectivity index (χ1) is 15.1. The molecule has 30 heavy (non-hydrogen) atoms. The standard InChI is InChI=1S/C17H10ClF7O5/c1-27-14-8(4-3-7(12(14)19)30-17(23,24)25)29-9-5-6(18)10(15(21)22)13(20)11(9)16(26)28-2/h3-5,15H,1-2H3/i1D3. The van der Waals surface area contributed by atoms with Crippen LogP contribution in [0.2, 0.25) is 5.02 Å². The second kappa shape index (κ2) is 8.86. The molecule has 0 aromatic heterocycles. The molecular weight excluding hydrogens is 453 g/mol. The Labute approximate surface area is 173 Å². The molecule has 2 aromatic rings. The van der Waals surface area contributed by atoms with Crippen molar-refractivity contribution in [3.63, 3.8) is 0 Å². The molecule has 0 amide bonds. The molecule has 0 unspecified atom stereocenters. The van der Waals surface area contributed by atoms with Crippen molar-refractivity contribution < 1.29 is 58.6 Å². The van der Waals surface area contributed by atoms with Gasteiger partial charge < -0.3 is 18.9 Å².